The number of nitrogens with zero attached hydrogens (tertiary/aromatic N) is 1. The third kappa shape index (κ3) is 2.46. The normalized spacial score (nSPS) is 9.89. The highest BCUT2D eigenvalue weighted by molar-refractivity contribution is 5.92. The summed E-state index contributed by atoms with van der Waals surface area (Å²) in [5, 5.41) is 0. The average Bonchev–Trinajstić information content (AvgIpc) is 2.46. The van der Waals surface area contributed by atoms with Gasteiger partial charge in [0.25, 0.3) is 5.91 Å². The molecule has 0 bridgehead atoms. The van der Waals surface area contributed by atoms with Crippen LogP contribution in [-0.2, 0) is 0 Å². The van der Waals surface area contributed by atoms with Gasteiger partial charge in [0.1, 0.15) is 11.4 Å². The van der Waals surface area contributed by atoms with E-state index in [1.54, 1.807) is 19.2 Å². The number of pyridine rings is 1. The Morgan fingerprint density at radius 3 is 2.56 bits per heavy atom. The van der Waals surface area contributed by atoms with E-state index >= 15 is 0 Å². The minimum absolute atomic E-state index is 0.283. The van der Waals surface area contributed by atoms with Gasteiger partial charge < -0.3 is 4.74 Å². The second-order valence-electron chi connectivity index (χ2n) is 3.61. The summed E-state index contributed by atoms with van der Waals surface area (Å²) in [5.74, 6) is 5.44. The summed E-state index contributed by atoms with van der Waals surface area (Å²) in [7, 11) is 1.61. The number of nitrogens with one attached hydrogen (secondary N) is 1. The van der Waals surface area contributed by atoms with E-state index in [0.29, 0.717) is 5.69 Å². The fraction of sp³-hybridized carbons (Fsp3) is 0.0769. The van der Waals surface area contributed by atoms with Crippen LogP contribution in [0.2, 0.25) is 0 Å². The summed E-state index contributed by atoms with van der Waals surface area (Å²) in [5.41, 5.74) is 3.95. The number of amides is 1. The number of ether oxygens (including phenoxy) is 1. The number of carbonyl (C=O) groups excluding carboxylic acids is 1. The van der Waals surface area contributed by atoms with Crippen molar-refractivity contribution in [3.63, 3.8) is 0 Å². The molecule has 0 aliphatic heterocycles. The molecular formula is C13H13N3O2. The van der Waals surface area contributed by atoms with Gasteiger partial charge in [-0.05, 0) is 36.4 Å². The van der Waals surface area contributed by atoms with Crippen LogP contribution in [0.3, 0.4) is 0 Å². The highest BCUT2D eigenvalue weighted by atomic mass is 16.5. The molecule has 5 heteroatoms. The molecule has 18 heavy (non-hydrogen) atoms. The van der Waals surface area contributed by atoms with Crippen LogP contribution in [0, 0.1) is 0 Å². The van der Waals surface area contributed by atoms with E-state index in [-0.39, 0.29) is 5.69 Å². The molecular weight excluding hydrogens is 230 g/mol. The Labute approximate surface area is 105 Å². The van der Waals surface area contributed by atoms with Crippen LogP contribution in [0.15, 0.2) is 42.5 Å². The van der Waals surface area contributed by atoms with Crippen molar-refractivity contribution < 1.29 is 9.53 Å². The van der Waals surface area contributed by atoms with Crippen LogP contribution >= 0.6 is 0 Å². The maximum absolute atomic E-state index is 11.4. The molecule has 1 heterocycles. The average molecular weight is 243 g/mol. The van der Waals surface area contributed by atoms with Gasteiger partial charge in [-0.15, -0.1) is 0 Å². The summed E-state index contributed by atoms with van der Waals surface area (Å²) >= 11 is 0. The zero-order chi connectivity index (χ0) is 13.0. The number of rotatable bonds is 3. The Bertz CT molecular complexity index is 552. The molecule has 0 saturated carbocycles. The van der Waals surface area contributed by atoms with E-state index in [2.05, 4.69) is 10.4 Å². The lowest BCUT2D eigenvalue weighted by molar-refractivity contribution is 0.0949. The number of hydrogen-bond donors (Lipinski definition) is 2. The molecule has 5 nitrogen and oxygen atoms in total. The van der Waals surface area contributed by atoms with E-state index in [4.69, 9.17) is 10.6 Å². The predicted molar refractivity (Wildman–Crippen MR) is 67.9 cm³/mol. The summed E-state index contributed by atoms with van der Waals surface area (Å²) in [4.78, 5) is 15.6. The van der Waals surface area contributed by atoms with Crippen LogP contribution in [0.4, 0.5) is 0 Å². The van der Waals surface area contributed by atoms with E-state index in [1.807, 2.05) is 30.3 Å². The Morgan fingerprint density at radius 1 is 1.22 bits per heavy atom. The maximum Gasteiger partial charge on any atom is 0.283 e. The molecule has 3 N–H and O–H groups in total. The fourth-order valence-corrected chi connectivity index (χ4v) is 1.56. The van der Waals surface area contributed by atoms with Gasteiger partial charge in [0.15, 0.2) is 0 Å². The Kier molecular flexibility index (Phi) is 3.54. The van der Waals surface area contributed by atoms with Crippen molar-refractivity contribution in [2.24, 2.45) is 5.84 Å². The minimum atomic E-state index is -0.412. The first-order chi connectivity index (χ1) is 8.74. The van der Waals surface area contributed by atoms with Crippen molar-refractivity contribution in [1.82, 2.24) is 10.4 Å². The van der Waals surface area contributed by atoms with Gasteiger partial charge in [-0.1, -0.05) is 6.07 Å². The second-order valence-corrected chi connectivity index (χ2v) is 3.61. The third-order valence-corrected chi connectivity index (χ3v) is 2.50. The SMILES string of the molecule is COc1ccc(-c2cccc(C(=O)NN)n2)cc1. The molecule has 1 aromatic heterocycles. The zero-order valence-electron chi connectivity index (χ0n) is 9.88. The Morgan fingerprint density at radius 2 is 1.94 bits per heavy atom. The van der Waals surface area contributed by atoms with Gasteiger partial charge in [0.05, 0.1) is 12.8 Å². The molecule has 0 spiro atoms. The number of carbonyl (C=O) groups is 1. The lowest BCUT2D eigenvalue weighted by Crippen LogP contribution is -2.30. The van der Waals surface area contributed by atoms with Crippen molar-refractivity contribution in [2.75, 3.05) is 7.11 Å². The van der Waals surface area contributed by atoms with Crippen LogP contribution < -0.4 is 16.0 Å². The summed E-state index contributed by atoms with van der Waals surface area (Å²) in [6, 6.07) is 12.6. The maximum atomic E-state index is 11.4. The van der Waals surface area contributed by atoms with Crippen LogP contribution in [0.1, 0.15) is 10.5 Å². The lowest BCUT2D eigenvalue weighted by Gasteiger charge is -2.05. The number of methoxy groups -OCH3 is 1. The van der Waals surface area contributed by atoms with Crippen molar-refractivity contribution in [3.05, 3.63) is 48.2 Å². The topological polar surface area (TPSA) is 77.2 Å². The molecule has 0 unspecified atom stereocenters. The number of nitrogens with two attached hydrogens (primary N) is 1. The summed E-state index contributed by atoms with van der Waals surface area (Å²) in [6.45, 7) is 0. The fourth-order valence-electron chi connectivity index (χ4n) is 1.56. The Hall–Kier alpha value is -2.40. The number of hydrazine groups is 1. The quantitative estimate of drug-likeness (QED) is 0.485. The van der Waals surface area contributed by atoms with E-state index in [0.717, 1.165) is 11.3 Å². The van der Waals surface area contributed by atoms with Gasteiger partial charge in [-0.3, -0.25) is 10.2 Å². The molecule has 2 rings (SSSR count). The number of aromatic nitrogens is 1. The van der Waals surface area contributed by atoms with Crippen molar-refractivity contribution in [1.29, 1.82) is 0 Å². The van der Waals surface area contributed by atoms with Gasteiger partial charge in [0, 0.05) is 5.56 Å². The standard InChI is InChI=1S/C13H13N3O2/c1-18-10-7-5-9(6-8-10)11-3-2-4-12(15-11)13(17)16-14/h2-8H,14H2,1H3,(H,16,17). The van der Waals surface area contributed by atoms with Gasteiger partial charge >= 0.3 is 0 Å². The van der Waals surface area contributed by atoms with Crippen molar-refractivity contribution in [2.45, 2.75) is 0 Å². The highest BCUT2D eigenvalue weighted by Crippen LogP contribution is 2.20. The van der Waals surface area contributed by atoms with Gasteiger partial charge in [-0.25, -0.2) is 10.8 Å². The Balaban J connectivity index is 2.35. The molecule has 0 fully saturated rings. The number of nitrogen functional groups attached to an aromatic ring is 1. The first kappa shape index (κ1) is 12.1. The zero-order valence-corrected chi connectivity index (χ0v) is 9.88. The molecule has 0 atom stereocenters. The molecule has 92 valence electrons. The predicted octanol–water partition coefficient (Wildman–Crippen LogP) is 1.36. The van der Waals surface area contributed by atoms with E-state index < -0.39 is 5.91 Å². The van der Waals surface area contributed by atoms with E-state index in [1.165, 1.54) is 0 Å². The second kappa shape index (κ2) is 5.29. The van der Waals surface area contributed by atoms with Crippen molar-refractivity contribution in [3.8, 4) is 17.0 Å². The molecule has 1 aromatic carbocycles. The molecule has 0 aliphatic carbocycles. The molecule has 1 amide bonds. The summed E-state index contributed by atoms with van der Waals surface area (Å²) in [6.07, 6.45) is 0. The number of benzene rings is 1. The summed E-state index contributed by atoms with van der Waals surface area (Å²) < 4.78 is 5.08. The molecule has 0 radical (unpaired) electrons. The highest BCUT2D eigenvalue weighted by Gasteiger charge is 2.07. The van der Waals surface area contributed by atoms with Gasteiger partial charge in [-0.2, -0.15) is 0 Å². The largest absolute Gasteiger partial charge is 0.497 e. The smallest absolute Gasteiger partial charge is 0.283 e. The van der Waals surface area contributed by atoms with Gasteiger partial charge in [0.2, 0.25) is 0 Å². The van der Waals surface area contributed by atoms with E-state index in [9.17, 15) is 4.79 Å². The number of hydrogen-bond acceptors (Lipinski definition) is 4. The van der Waals surface area contributed by atoms with Crippen molar-refractivity contribution >= 4 is 5.91 Å². The molecule has 0 aliphatic rings. The third-order valence-electron chi connectivity index (χ3n) is 2.50. The monoisotopic (exact) mass is 243 g/mol. The molecule has 0 saturated heterocycles. The van der Waals surface area contributed by atoms with Crippen LogP contribution in [0.5, 0.6) is 5.75 Å². The first-order valence-corrected chi connectivity index (χ1v) is 5.37. The minimum Gasteiger partial charge on any atom is -0.497 e. The first-order valence-electron chi connectivity index (χ1n) is 5.37. The van der Waals surface area contributed by atoms with Crippen LogP contribution in [-0.4, -0.2) is 18.0 Å². The molecule has 2 aromatic rings. The lowest BCUT2D eigenvalue weighted by atomic mass is 10.1. The van der Waals surface area contributed by atoms with Crippen LogP contribution in [0.25, 0.3) is 11.3 Å².